The van der Waals surface area contributed by atoms with Crippen LogP contribution >= 0.6 is 0 Å². The fourth-order valence-electron chi connectivity index (χ4n) is 3.03. The van der Waals surface area contributed by atoms with Gasteiger partial charge in [-0.15, -0.1) is 0 Å². The summed E-state index contributed by atoms with van der Waals surface area (Å²) in [7, 11) is -1.91. The summed E-state index contributed by atoms with van der Waals surface area (Å²) in [6.07, 6.45) is 1.34. The maximum Gasteiger partial charge on any atom is 0.243 e. The Morgan fingerprint density at radius 2 is 2.03 bits per heavy atom. The van der Waals surface area contributed by atoms with Gasteiger partial charge in [-0.2, -0.15) is 4.31 Å². The highest BCUT2D eigenvalue weighted by Crippen LogP contribution is 2.13. The van der Waals surface area contributed by atoms with Gasteiger partial charge in [0, 0.05) is 45.0 Å². The number of amides is 1. The molecule has 10 nitrogen and oxygen atoms in total. The number of benzene rings is 1. The fourth-order valence-corrected chi connectivity index (χ4v) is 4.46. The molecule has 2 aromatic rings. The molecule has 1 aromatic carbocycles. The first-order chi connectivity index (χ1) is 14.4. The van der Waals surface area contributed by atoms with Gasteiger partial charge in [-0.1, -0.05) is 11.2 Å². The average Bonchev–Trinajstić information content (AvgIpc) is 3.21. The van der Waals surface area contributed by atoms with Crippen LogP contribution in [0.2, 0.25) is 0 Å². The minimum absolute atomic E-state index is 0.0616. The quantitative estimate of drug-likeness (QED) is 0.497. The molecule has 3 rings (SSSR count). The third-order valence-corrected chi connectivity index (χ3v) is 6.29. The van der Waals surface area contributed by atoms with Crippen molar-refractivity contribution in [2.45, 2.75) is 5.75 Å². The Labute approximate surface area is 173 Å². The predicted octanol–water partition coefficient (Wildman–Crippen LogP) is 0.475. The number of guanidine groups is 1. The molecular weight excluding hydrogens is 415 g/mol. The molecule has 0 atom stereocenters. The largest absolute Gasteiger partial charge is 0.364 e. The average molecular weight is 438 g/mol. The Morgan fingerprint density at radius 1 is 1.27 bits per heavy atom. The number of aromatic nitrogens is 1. The first-order valence-corrected chi connectivity index (χ1v) is 10.9. The molecule has 162 valence electrons. The van der Waals surface area contributed by atoms with E-state index >= 15 is 0 Å². The number of anilines is 1. The number of carbonyl (C=O) groups is 1. The van der Waals surface area contributed by atoms with Gasteiger partial charge >= 0.3 is 0 Å². The van der Waals surface area contributed by atoms with E-state index in [1.807, 2.05) is 4.90 Å². The molecule has 1 aliphatic heterocycles. The van der Waals surface area contributed by atoms with Crippen LogP contribution in [0.15, 0.2) is 46.1 Å². The molecule has 0 aliphatic carbocycles. The van der Waals surface area contributed by atoms with Crippen molar-refractivity contribution in [3.05, 3.63) is 48.1 Å². The van der Waals surface area contributed by atoms with E-state index in [1.165, 1.54) is 34.8 Å². The summed E-state index contributed by atoms with van der Waals surface area (Å²) in [6, 6.07) is 7.14. The Bertz CT molecular complexity index is 988. The summed E-state index contributed by atoms with van der Waals surface area (Å²) >= 11 is 0. The number of halogens is 1. The number of piperazine rings is 1. The normalized spacial score (nSPS) is 15.8. The van der Waals surface area contributed by atoms with E-state index in [0.717, 1.165) is 0 Å². The number of aliphatic imine (C=N–C) groups is 1. The maximum atomic E-state index is 13.2. The number of carbonyl (C=O) groups excluding carboxylic acids is 1. The summed E-state index contributed by atoms with van der Waals surface area (Å²) in [4.78, 5) is 18.1. The maximum absolute atomic E-state index is 13.2. The topological polar surface area (TPSA) is 120 Å². The van der Waals surface area contributed by atoms with E-state index in [9.17, 15) is 17.6 Å². The molecule has 1 fully saturated rings. The third-order valence-electron chi connectivity index (χ3n) is 4.48. The molecule has 0 bridgehead atoms. The Balaban J connectivity index is 1.48. The van der Waals surface area contributed by atoms with Gasteiger partial charge in [-0.25, -0.2) is 12.8 Å². The molecule has 1 saturated heterocycles. The SMILES string of the molecule is CN=C(NCC(=O)Nc1cccc(F)c1)N1CCN(S(=O)(=O)Cc2ccon2)CC1. The van der Waals surface area contributed by atoms with Crippen LogP contribution in [0, 0.1) is 5.82 Å². The Kier molecular flexibility index (Phi) is 7.00. The zero-order valence-electron chi connectivity index (χ0n) is 16.4. The molecule has 1 amide bonds. The lowest BCUT2D eigenvalue weighted by molar-refractivity contribution is -0.115. The molecule has 0 radical (unpaired) electrons. The summed E-state index contributed by atoms with van der Waals surface area (Å²) in [5.74, 6) is -0.516. The third kappa shape index (κ3) is 5.76. The lowest BCUT2D eigenvalue weighted by atomic mass is 10.3. The van der Waals surface area contributed by atoms with E-state index in [1.54, 1.807) is 13.1 Å². The van der Waals surface area contributed by atoms with E-state index in [-0.39, 0.29) is 31.3 Å². The van der Waals surface area contributed by atoms with Gasteiger partial charge < -0.3 is 20.1 Å². The van der Waals surface area contributed by atoms with E-state index < -0.39 is 15.8 Å². The summed E-state index contributed by atoms with van der Waals surface area (Å²) < 4.78 is 44.3. The monoisotopic (exact) mass is 438 g/mol. The summed E-state index contributed by atoms with van der Waals surface area (Å²) in [5.41, 5.74) is 0.724. The minimum Gasteiger partial charge on any atom is -0.364 e. The zero-order valence-corrected chi connectivity index (χ0v) is 17.2. The molecule has 12 heteroatoms. The van der Waals surface area contributed by atoms with Gasteiger partial charge in [0.05, 0.1) is 12.2 Å². The Hall–Kier alpha value is -2.99. The van der Waals surface area contributed by atoms with E-state index in [0.29, 0.717) is 30.4 Å². The van der Waals surface area contributed by atoms with Crippen molar-refractivity contribution in [1.29, 1.82) is 0 Å². The first kappa shape index (κ1) is 21.7. The van der Waals surface area contributed by atoms with E-state index in [4.69, 9.17) is 0 Å². The lowest BCUT2D eigenvalue weighted by Gasteiger charge is -2.35. The second-order valence-electron chi connectivity index (χ2n) is 6.59. The van der Waals surface area contributed by atoms with Crippen LogP contribution in [0.5, 0.6) is 0 Å². The van der Waals surface area contributed by atoms with E-state index in [2.05, 4.69) is 25.3 Å². The fraction of sp³-hybridized carbons (Fsp3) is 0.389. The van der Waals surface area contributed by atoms with Gasteiger partial charge in [0.25, 0.3) is 0 Å². The highest BCUT2D eigenvalue weighted by molar-refractivity contribution is 7.88. The highest BCUT2D eigenvalue weighted by atomic mass is 32.2. The van der Waals surface area contributed by atoms with Gasteiger partial charge in [-0.3, -0.25) is 9.79 Å². The Morgan fingerprint density at radius 3 is 2.67 bits per heavy atom. The zero-order chi connectivity index (χ0) is 21.6. The second kappa shape index (κ2) is 9.67. The van der Waals surface area contributed by atoms with Crippen molar-refractivity contribution < 1.29 is 22.1 Å². The van der Waals surface area contributed by atoms with Crippen molar-refractivity contribution in [3.63, 3.8) is 0 Å². The number of nitrogens with zero attached hydrogens (tertiary/aromatic N) is 4. The first-order valence-electron chi connectivity index (χ1n) is 9.25. The number of nitrogens with one attached hydrogen (secondary N) is 2. The van der Waals surface area contributed by atoms with Crippen molar-refractivity contribution in [2.24, 2.45) is 4.99 Å². The van der Waals surface area contributed by atoms with Crippen LogP contribution in [-0.4, -0.2) is 74.4 Å². The molecule has 1 aliphatic rings. The van der Waals surface area contributed by atoms with Crippen molar-refractivity contribution in [1.82, 2.24) is 19.7 Å². The molecule has 2 N–H and O–H groups in total. The number of rotatable bonds is 6. The number of hydrogen-bond donors (Lipinski definition) is 2. The van der Waals surface area contributed by atoms with Gasteiger partial charge in [-0.05, 0) is 18.2 Å². The van der Waals surface area contributed by atoms with Crippen LogP contribution < -0.4 is 10.6 Å². The van der Waals surface area contributed by atoms with Crippen LogP contribution in [0.3, 0.4) is 0 Å². The van der Waals surface area contributed by atoms with Gasteiger partial charge in [0.1, 0.15) is 17.8 Å². The predicted molar refractivity (Wildman–Crippen MR) is 109 cm³/mol. The molecule has 0 spiro atoms. The van der Waals surface area contributed by atoms with Crippen LogP contribution in [0.1, 0.15) is 5.69 Å². The molecule has 30 heavy (non-hydrogen) atoms. The molecule has 1 aromatic heterocycles. The lowest BCUT2D eigenvalue weighted by Crippen LogP contribution is -2.54. The molecule has 2 heterocycles. The number of sulfonamides is 1. The summed E-state index contributed by atoms with van der Waals surface area (Å²) in [6.45, 7) is 1.35. The van der Waals surface area contributed by atoms with Gasteiger partial charge in [0.15, 0.2) is 5.96 Å². The smallest absolute Gasteiger partial charge is 0.243 e. The highest BCUT2D eigenvalue weighted by Gasteiger charge is 2.29. The van der Waals surface area contributed by atoms with Crippen molar-refractivity contribution >= 4 is 27.6 Å². The standard InChI is InChI=1S/C18H23FN6O4S/c1-20-18(21-12-17(26)22-15-4-2-3-14(19)11-15)24-6-8-25(9-7-24)30(27,28)13-16-5-10-29-23-16/h2-5,10-11H,6-9,12-13H2,1H3,(H,20,21)(H,22,26). The second-order valence-corrected chi connectivity index (χ2v) is 8.56. The minimum atomic E-state index is -3.50. The van der Waals surface area contributed by atoms with Crippen LogP contribution in [0.4, 0.5) is 10.1 Å². The van der Waals surface area contributed by atoms with Crippen LogP contribution in [0.25, 0.3) is 0 Å². The number of hydrogen-bond acceptors (Lipinski definition) is 6. The van der Waals surface area contributed by atoms with Crippen LogP contribution in [-0.2, 0) is 20.6 Å². The van der Waals surface area contributed by atoms with Gasteiger partial charge in [0.2, 0.25) is 15.9 Å². The molecular formula is C18H23FN6O4S. The van der Waals surface area contributed by atoms with Crippen molar-refractivity contribution in [2.75, 3.05) is 45.1 Å². The molecule has 0 saturated carbocycles. The summed E-state index contributed by atoms with van der Waals surface area (Å²) in [5, 5.41) is 9.19. The molecule has 0 unspecified atom stereocenters. The van der Waals surface area contributed by atoms with Crippen molar-refractivity contribution in [3.8, 4) is 0 Å².